The van der Waals surface area contributed by atoms with Crippen LogP contribution in [0.1, 0.15) is 17.8 Å². The van der Waals surface area contributed by atoms with E-state index in [1.54, 1.807) is 0 Å². The number of aryl methyl sites for hydroxylation is 1. The Morgan fingerprint density at radius 1 is 1.42 bits per heavy atom. The van der Waals surface area contributed by atoms with Gasteiger partial charge in [-0.2, -0.15) is 11.8 Å². The Bertz CT molecular complexity index is 677. The van der Waals surface area contributed by atoms with E-state index in [1.165, 1.54) is 17.7 Å². The summed E-state index contributed by atoms with van der Waals surface area (Å²) in [5.41, 5.74) is 2.04. The maximum Gasteiger partial charge on any atom is 0.238 e. The van der Waals surface area contributed by atoms with Crippen LogP contribution in [0.4, 0.5) is 5.69 Å². The molecule has 2 heterocycles. The second-order valence-corrected chi connectivity index (χ2v) is 7.43. The van der Waals surface area contributed by atoms with Gasteiger partial charge < -0.3 is 9.88 Å². The zero-order valence-corrected chi connectivity index (χ0v) is 15.1. The van der Waals surface area contributed by atoms with Crippen molar-refractivity contribution >= 4 is 23.4 Å². The standard InChI is InChI=1S/C18H24N4OS/c1-14-19-8-9-22(14)11-15-3-5-16(6-4-15)20-18(23)12-21(2)17-7-10-24-13-17/h3-6,8-9,17H,7,10-13H2,1-2H3,(H,20,23)/t17-/m1/s1. The molecule has 0 saturated carbocycles. The molecule has 0 unspecified atom stereocenters. The number of anilines is 1. The number of likely N-dealkylation sites (N-methyl/N-ethyl adjacent to an activating group) is 1. The quantitative estimate of drug-likeness (QED) is 0.875. The largest absolute Gasteiger partial charge is 0.331 e. The van der Waals surface area contributed by atoms with Gasteiger partial charge >= 0.3 is 0 Å². The van der Waals surface area contributed by atoms with Crippen LogP contribution < -0.4 is 5.32 Å². The van der Waals surface area contributed by atoms with Gasteiger partial charge in [-0.3, -0.25) is 9.69 Å². The van der Waals surface area contributed by atoms with Crippen LogP contribution in [0.2, 0.25) is 0 Å². The summed E-state index contributed by atoms with van der Waals surface area (Å²) in [6, 6.07) is 8.55. The number of nitrogens with one attached hydrogen (secondary N) is 1. The number of benzene rings is 1. The van der Waals surface area contributed by atoms with Gasteiger partial charge in [-0.05, 0) is 43.8 Å². The van der Waals surface area contributed by atoms with E-state index < -0.39 is 0 Å². The minimum absolute atomic E-state index is 0.0487. The fourth-order valence-corrected chi connectivity index (χ4v) is 4.19. The van der Waals surface area contributed by atoms with Gasteiger partial charge in [-0.1, -0.05) is 12.1 Å². The van der Waals surface area contributed by atoms with Crippen molar-refractivity contribution in [1.29, 1.82) is 0 Å². The van der Waals surface area contributed by atoms with E-state index in [2.05, 4.69) is 19.8 Å². The Hall–Kier alpha value is -1.79. The van der Waals surface area contributed by atoms with Crippen molar-refractivity contribution in [3.05, 3.63) is 48.0 Å². The first-order valence-corrected chi connectivity index (χ1v) is 9.42. The Labute approximate surface area is 147 Å². The molecule has 0 bridgehead atoms. The molecule has 128 valence electrons. The molecule has 1 N–H and O–H groups in total. The zero-order chi connectivity index (χ0) is 16.9. The van der Waals surface area contributed by atoms with Crippen molar-refractivity contribution < 1.29 is 4.79 Å². The molecule has 1 aliphatic heterocycles. The second-order valence-electron chi connectivity index (χ2n) is 6.28. The highest BCUT2D eigenvalue weighted by atomic mass is 32.2. The number of hydrogen-bond acceptors (Lipinski definition) is 4. The lowest BCUT2D eigenvalue weighted by molar-refractivity contribution is -0.117. The van der Waals surface area contributed by atoms with Crippen LogP contribution in [-0.4, -0.2) is 51.5 Å². The molecule has 0 aliphatic carbocycles. The first-order chi connectivity index (χ1) is 11.6. The van der Waals surface area contributed by atoms with Gasteiger partial charge in [-0.25, -0.2) is 4.98 Å². The molecule has 3 rings (SSSR count). The number of rotatable bonds is 6. The normalized spacial score (nSPS) is 17.4. The lowest BCUT2D eigenvalue weighted by Crippen LogP contribution is -2.37. The van der Waals surface area contributed by atoms with Crippen molar-refractivity contribution in [2.75, 3.05) is 30.4 Å². The van der Waals surface area contributed by atoms with Crippen molar-refractivity contribution in [2.45, 2.75) is 25.9 Å². The molecule has 1 atom stereocenters. The molecule has 1 aromatic heterocycles. The van der Waals surface area contributed by atoms with E-state index in [4.69, 9.17) is 0 Å². The number of carbonyl (C=O) groups is 1. The van der Waals surface area contributed by atoms with Gasteiger partial charge in [0.1, 0.15) is 5.82 Å². The van der Waals surface area contributed by atoms with Crippen molar-refractivity contribution in [2.24, 2.45) is 0 Å². The van der Waals surface area contributed by atoms with E-state index in [0.29, 0.717) is 12.6 Å². The predicted molar refractivity (Wildman–Crippen MR) is 99.5 cm³/mol. The van der Waals surface area contributed by atoms with Gasteiger partial charge in [-0.15, -0.1) is 0 Å². The minimum atomic E-state index is 0.0487. The molecule has 1 aliphatic rings. The maximum absolute atomic E-state index is 12.2. The molecular weight excluding hydrogens is 320 g/mol. The summed E-state index contributed by atoms with van der Waals surface area (Å²) in [7, 11) is 2.03. The Morgan fingerprint density at radius 2 is 2.21 bits per heavy atom. The van der Waals surface area contributed by atoms with Gasteiger partial charge in [0, 0.05) is 36.4 Å². The lowest BCUT2D eigenvalue weighted by Gasteiger charge is -2.22. The summed E-state index contributed by atoms with van der Waals surface area (Å²) in [6.45, 7) is 3.23. The third-order valence-corrected chi connectivity index (χ3v) is 5.58. The van der Waals surface area contributed by atoms with Crippen LogP contribution in [0.25, 0.3) is 0 Å². The number of imidazole rings is 1. The Morgan fingerprint density at radius 3 is 2.83 bits per heavy atom. The van der Waals surface area contributed by atoms with Crippen molar-refractivity contribution in [1.82, 2.24) is 14.5 Å². The summed E-state index contributed by atoms with van der Waals surface area (Å²) in [5, 5.41) is 2.99. The third kappa shape index (κ3) is 4.39. The van der Waals surface area contributed by atoms with Crippen molar-refractivity contribution in [3.8, 4) is 0 Å². The average molecular weight is 344 g/mol. The molecule has 1 aromatic carbocycles. The number of carbonyl (C=O) groups excluding carboxylic acids is 1. The second kappa shape index (κ2) is 7.85. The summed E-state index contributed by atoms with van der Waals surface area (Å²) in [4.78, 5) is 18.6. The van der Waals surface area contributed by atoms with E-state index in [-0.39, 0.29) is 5.91 Å². The maximum atomic E-state index is 12.2. The molecule has 0 spiro atoms. The highest BCUT2D eigenvalue weighted by Crippen LogP contribution is 2.21. The van der Waals surface area contributed by atoms with Gasteiger partial charge in [0.15, 0.2) is 0 Å². The lowest BCUT2D eigenvalue weighted by atomic mass is 10.2. The van der Waals surface area contributed by atoms with E-state index in [0.717, 1.165) is 23.8 Å². The molecule has 2 aromatic rings. The average Bonchev–Trinajstić information content (AvgIpc) is 3.22. The molecule has 0 radical (unpaired) electrons. The predicted octanol–water partition coefficient (Wildman–Crippen LogP) is 2.62. The number of amides is 1. The van der Waals surface area contributed by atoms with Gasteiger partial charge in [0.05, 0.1) is 6.54 Å². The smallest absolute Gasteiger partial charge is 0.238 e. The minimum Gasteiger partial charge on any atom is -0.331 e. The molecular formula is C18H24N4OS. The van der Waals surface area contributed by atoms with Crippen LogP contribution in [0.3, 0.4) is 0 Å². The molecule has 24 heavy (non-hydrogen) atoms. The molecule has 5 nitrogen and oxygen atoms in total. The van der Waals surface area contributed by atoms with Crippen LogP contribution in [0.5, 0.6) is 0 Å². The van der Waals surface area contributed by atoms with E-state index >= 15 is 0 Å². The summed E-state index contributed by atoms with van der Waals surface area (Å²) >= 11 is 1.97. The topological polar surface area (TPSA) is 50.2 Å². The first-order valence-electron chi connectivity index (χ1n) is 8.26. The highest BCUT2D eigenvalue weighted by molar-refractivity contribution is 7.99. The monoisotopic (exact) mass is 344 g/mol. The highest BCUT2D eigenvalue weighted by Gasteiger charge is 2.21. The van der Waals surface area contributed by atoms with Crippen LogP contribution in [0, 0.1) is 6.92 Å². The van der Waals surface area contributed by atoms with E-state index in [1.807, 2.05) is 62.4 Å². The third-order valence-electron chi connectivity index (χ3n) is 4.44. The molecule has 1 fully saturated rings. The summed E-state index contributed by atoms with van der Waals surface area (Å²) < 4.78 is 2.10. The van der Waals surface area contributed by atoms with Crippen LogP contribution in [0.15, 0.2) is 36.7 Å². The summed E-state index contributed by atoms with van der Waals surface area (Å²) in [6.07, 6.45) is 4.96. The zero-order valence-electron chi connectivity index (χ0n) is 14.2. The SMILES string of the molecule is Cc1nccn1Cc1ccc(NC(=O)CN(C)[C@@H]2CCSC2)cc1. The van der Waals surface area contributed by atoms with Gasteiger partial charge in [0.2, 0.25) is 5.91 Å². The van der Waals surface area contributed by atoms with Crippen molar-refractivity contribution in [3.63, 3.8) is 0 Å². The van der Waals surface area contributed by atoms with Crippen LogP contribution >= 0.6 is 11.8 Å². The Kier molecular flexibility index (Phi) is 5.58. The number of thioether (sulfide) groups is 1. The number of nitrogens with zero attached hydrogens (tertiary/aromatic N) is 3. The molecule has 6 heteroatoms. The molecule has 1 saturated heterocycles. The number of hydrogen-bond donors (Lipinski definition) is 1. The van der Waals surface area contributed by atoms with Crippen LogP contribution in [-0.2, 0) is 11.3 Å². The number of aromatic nitrogens is 2. The summed E-state index contributed by atoms with van der Waals surface area (Å²) in [5.74, 6) is 3.38. The fourth-order valence-electron chi connectivity index (χ4n) is 2.89. The van der Waals surface area contributed by atoms with Gasteiger partial charge in [0.25, 0.3) is 0 Å². The first kappa shape index (κ1) is 17.0. The van der Waals surface area contributed by atoms with E-state index in [9.17, 15) is 4.79 Å². The Balaban J connectivity index is 1.52. The fraction of sp³-hybridized carbons (Fsp3) is 0.444. The molecule has 1 amide bonds.